The Morgan fingerprint density at radius 1 is 1.27 bits per heavy atom. The van der Waals surface area contributed by atoms with E-state index < -0.39 is 0 Å². The van der Waals surface area contributed by atoms with E-state index in [1.54, 1.807) is 0 Å². The molecule has 0 spiro atoms. The Morgan fingerprint density at radius 2 is 2.09 bits per heavy atom. The molecule has 0 saturated heterocycles. The molecule has 1 aromatic carbocycles. The minimum absolute atomic E-state index is 0.642. The van der Waals surface area contributed by atoms with Crippen LogP contribution in [-0.2, 0) is 11.3 Å². The van der Waals surface area contributed by atoms with Crippen molar-refractivity contribution in [2.45, 2.75) is 26.3 Å². The highest BCUT2D eigenvalue weighted by atomic mass is 35.5. The van der Waals surface area contributed by atoms with E-state index in [0.29, 0.717) is 6.54 Å². The summed E-state index contributed by atoms with van der Waals surface area (Å²) >= 11 is 5.89. The third kappa shape index (κ3) is 6.08. The maximum absolute atomic E-state index is 5.89. The lowest BCUT2D eigenvalue weighted by atomic mass is 10.1. The minimum atomic E-state index is 0.642. The molecular formula is C17H24ClN3O. The molecule has 22 heavy (non-hydrogen) atoms. The predicted molar refractivity (Wildman–Crippen MR) is 92.4 cm³/mol. The summed E-state index contributed by atoms with van der Waals surface area (Å²) in [7, 11) is 0. The van der Waals surface area contributed by atoms with Gasteiger partial charge in [0.05, 0.1) is 19.8 Å². The molecule has 0 bridgehead atoms. The molecule has 1 heterocycles. The number of guanidine groups is 1. The average Bonchev–Trinajstić information content (AvgIpc) is 2.55. The lowest BCUT2D eigenvalue weighted by Gasteiger charge is -2.15. The summed E-state index contributed by atoms with van der Waals surface area (Å²) in [5, 5.41) is 7.40. The Morgan fingerprint density at radius 3 is 2.77 bits per heavy atom. The Bertz CT molecular complexity index is 511. The number of rotatable bonds is 6. The largest absolute Gasteiger partial charge is 0.377 e. The molecule has 0 atom stereocenters. The van der Waals surface area contributed by atoms with Gasteiger partial charge in [-0.05, 0) is 37.5 Å². The highest BCUT2D eigenvalue weighted by molar-refractivity contribution is 6.30. The van der Waals surface area contributed by atoms with E-state index in [2.05, 4.69) is 28.6 Å². The van der Waals surface area contributed by atoms with Crippen LogP contribution in [0.3, 0.4) is 0 Å². The van der Waals surface area contributed by atoms with Gasteiger partial charge in [0.25, 0.3) is 0 Å². The van der Waals surface area contributed by atoms with Crippen molar-refractivity contribution in [2.24, 2.45) is 4.99 Å². The van der Waals surface area contributed by atoms with Gasteiger partial charge in [0.1, 0.15) is 0 Å². The number of nitrogens with one attached hydrogen (secondary N) is 2. The monoisotopic (exact) mass is 321 g/mol. The van der Waals surface area contributed by atoms with Crippen molar-refractivity contribution in [1.29, 1.82) is 0 Å². The van der Waals surface area contributed by atoms with Gasteiger partial charge >= 0.3 is 0 Å². The second-order valence-electron chi connectivity index (χ2n) is 5.19. The van der Waals surface area contributed by atoms with Crippen LogP contribution in [0.1, 0.15) is 25.3 Å². The fourth-order valence-corrected chi connectivity index (χ4v) is 2.36. The highest BCUT2D eigenvalue weighted by Crippen LogP contribution is 2.11. The van der Waals surface area contributed by atoms with Crippen LogP contribution in [-0.4, -0.2) is 32.3 Å². The second-order valence-corrected chi connectivity index (χ2v) is 5.62. The van der Waals surface area contributed by atoms with Crippen molar-refractivity contribution in [3.05, 3.63) is 46.5 Å². The third-order valence-corrected chi connectivity index (χ3v) is 3.73. The summed E-state index contributed by atoms with van der Waals surface area (Å²) in [5.74, 6) is 0.852. The molecule has 1 aliphatic heterocycles. The Hall–Kier alpha value is -1.52. The van der Waals surface area contributed by atoms with Crippen LogP contribution in [0.5, 0.6) is 0 Å². The highest BCUT2D eigenvalue weighted by Gasteiger charge is 2.04. The summed E-state index contributed by atoms with van der Waals surface area (Å²) in [6, 6.07) is 7.79. The van der Waals surface area contributed by atoms with Gasteiger partial charge in [-0.15, -0.1) is 0 Å². The molecule has 0 saturated carbocycles. The van der Waals surface area contributed by atoms with E-state index in [0.717, 1.165) is 55.7 Å². The minimum Gasteiger partial charge on any atom is -0.377 e. The van der Waals surface area contributed by atoms with Gasteiger partial charge in [0.15, 0.2) is 5.96 Å². The quantitative estimate of drug-likeness (QED) is 0.481. The first-order chi connectivity index (χ1) is 10.8. The number of hydrogen-bond donors (Lipinski definition) is 2. The molecule has 0 aromatic heterocycles. The van der Waals surface area contributed by atoms with Gasteiger partial charge in [0, 0.05) is 18.1 Å². The maximum Gasteiger partial charge on any atom is 0.191 e. The normalized spacial score (nSPS) is 15.4. The van der Waals surface area contributed by atoms with Gasteiger partial charge in [-0.1, -0.05) is 35.4 Å². The topological polar surface area (TPSA) is 45.7 Å². The Kier molecular flexibility index (Phi) is 7.26. The lowest BCUT2D eigenvalue weighted by molar-refractivity contribution is 0.153. The zero-order valence-corrected chi connectivity index (χ0v) is 13.8. The van der Waals surface area contributed by atoms with Crippen LogP contribution >= 0.6 is 11.6 Å². The van der Waals surface area contributed by atoms with Crippen LogP contribution in [0, 0.1) is 0 Å². The SMILES string of the molecule is CCNC(=NCc1ccc(Cl)cc1)NCCC1=CCOCC1. The summed E-state index contributed by atoms with van der Waals surface area (Å²) < 4.78 is 5.32. The average molecular weight is 322 g/mol. The molecule has 2 rings (SSSR count). The lowest BCUT2D eigenvalue weighted by Crippen LogP contribution is -2.38. The molecule has 4 nitrogen and oxygen atoms in total. The van der Waals surface area contributed by atoms with Gasteiger partial charge in [0.2, 0.25) is 0 Å². The van der Waals surface area contributed by atoms with E-state index in [9.17, 15) is 0 Å². The molecule has 0 aliphatic carbocycles. The first kappa shape index (κ1) is 16.8. The van der Waals surface area contributed by atoms with Crippen molar-refractivity contribution in [2.75, 3.05) is 26.3 Å². The maximum atomic E-state index is 5.89. The van der Waals surface area contributed by atoms with Crippen molar-refractivity contribution in [1.82, 2.24) is 10.6 Å². The standard InChI is InChI=1S/C17H24ClN3O/c1-2-19-17(20-10-7-14-8-11-22-12-9-14)21-13-15-3-5-16(18)6-4-15/h3-6,8H,2,7,9-13H2,1H3,(H2,19,20,21). The first-order valence-corrected chi connectivity index (χ1v) is 8.18. The van der Waals surface area contributed by atoms with Crippen LogP contribution in [0.4, 0.5) is 0 Å². The van der Waals surface area contributed by atoms with Crippen molar-refractivity contribution < 1.29 is 4.74 Å². The zero-order valence-electron chi connectivity index (χ0n) is 13.1. The Balaban J connectivity index is 1.81. The molecule has 0 unspecified atom stereocenters. The molecule has 5 heteroatoms. The summed E-state index contributed by atoms with van der Waals surface area (Å²) in [4.78, 5) is 4.60. The molecule has 1 aliphatic rings. The van der Waals surface area contributed by atoms with Gasteiger partial charge in [-0.3, -0.25) is 0 Å². The fraction of sp³-hybridized carbons (Fsp3) is 0.471. The van der Waals surface area contributed by atoms with Crippen LogP contribution in [0.15, 0.2) is 40.9 Å². The van der Waals surface area contributed by atoms with E-state index in [1.165, 1.54) is 5.57 Å². The number of halogens is 1. The summed E-state index contributed by atoms with van der Waals surface area (Å²) in [6.07, 6.45) is 4.26. The smallest absolute Gasteiger partial charge is 0.191 e. The van der Waals surface area contributed by atoms with Gasteiger partial charge in [-0.2, -0.15) is 0 Å². The molecule has 0 amide bonds. The summed E-state index contributed by atoms with van der Waals surface area (Å²) in [5.41, 5.74) is 2.61. The van der Waals surface area contributed by atoms with Crippen LogP contribution in [0.2, 0.25) is 5.02 Å². The van der Waals surface area contributed by atoms with Crippen molar-refractivity contribution in [3.63, 3.8) is 0 Å². The van der Waals surface area contributed by atoms with Gasteiger partial charge < -0.3 is 15.4 Å². The number of hydrogen-bond acceptors (Lipinski definition) is 2. The third-order valence-electron chi connectivity index (χ3n) is 3.47. The molecular weight excluding hydrogens is 298 g/mol. The zero-order chi connectivity index (χ0) is 15.6. The molecule has 2 N–H and O–H groups in total. The van der Waals surface area contributed by atoms with Crippen LogP contribution < -0.4 is 10.6 Å². The van der Waals surface area contributed by atoms with E-state index in [4.69, 9.17) is 16.3 Å². The number of ether oxygens (including phenoxy) is 1. The second kappa shape index (κ2) is 9.49. The van der Waals surface area contributed by atoms with E-state index in [1.807, 2.05) is 24.3 Å². The van der Waals surface area contributed by atoms with Crippen LogP contribution in [0.25, 0.3) is 0 Å². The van der Waals surface area contributed by atoms with E-state index >= 15 is 0 Å². The predicted octanol–water partition coefficient (Wildman–Crippen LogP) is 3.13. The van der Waals surface area contributed by atoms with Gasteiger partial charge in [-0.25, -0.2) is 4.99 Å². The molecule has 120 valence electrons. The first-order valence-electron chi connectivity index (χ1n) is 7.80. The Labute approximate surface area is 137 Å². The fourth-order valence-electron chi connectivity index (χ4n) is 2.24. The number of aliphatic imine (C=N–C) groups is 1. The molecule has 0 radical (unpaired) electrons. The molecule has 0 fully saturated rings. The molecule has 1 aromatic rings. The summed E-state index contributed by atoms with van der Waals surface area (Å²) in [6.45, 7) is 6.04. The number of nitrogens with zero attached hydrogens (tertiary/aromatic N) is 1. The van der Waals surface area contributed by atoms with E-state index in [-0.39, 0.29) is 0 Å². The van der Waals surface area contributed by atoms with Crippen molar-refractivity contribution in [3.8, 4) is 0 Å². The number of benzene rings is 1. The van der Waals surface area contributed by atoms with Crippen molar-refractivity contribution >= 4 is 17.6 Å².